The maximum absolute atomic E-state index is 12.6. The van der Waals surface area contributed by atoms with Crippen LogP contribution in [0.4, 0.5) is 0 Å². The maximum atomic E-state index is 12.6. The molecular formula is C19H35ClN2O2. The smallest absolute Gasteiger partial charge is 0.223 e. The summed E-state index contributed by atoms with van der Waals surface area (Å²) >= 11 is 0. The Bertz CT molecular complexity index is 484. The van der Waals surface area contributed by atoms with Crippen molar-refractivity contribution in [3.8, 4) is 0 Å². The van der Waals surface area contributed by atoms with Crippen LogP contribution in [0.2, 0.25) is 0 Å². The summed E-state index contributed by atoms with van der Waals surface area (Å²) in [5.74, 6) is 0.817. The lowest BCUT2D eigenvalue weighted by Crippen LogP contribution is -3.00. The molecule has 4 fully saturated rings. The average molecular weight is 359 g/mol. The highest BCUT2D eigenvalue weighted by Crippen LogP contribution is 2.66. The molecule has 24 heavy (non-hydrogen) atoms. The normalized spacial score (nSPS) is 41.7. The largest absolute Gasteiger partial charge is 1.00 e. The number of aliphatic hydroxyl groups is 1. The van der Waals surface area contributed by atoms with Crippen molar-refractivity contribution in [2.75, 3.05) is 27.7 Å². The number of nitrogens with zero attached hydrogens (tertiary/aromatic N) is 1. The van der Waals surface area contributed by atoms with Gasteiger partial charge >= 0.3 is 0 Å². The molecule has 4 saturated carbocycles. The summed E-state index contributed by atoms with van der Waals surface area (Å²) in [7, 11) is 6.13. The Morgan fingerprint density at radius 2 is 1.67 bits per heavy atom. The van der Waals surface area contributed by atoms with E-state index < -0.39 is 6.10 Å². The van der Waals surface area contributed by atoms with Gasteiger partial charge in [0.2, 0.25) is 5.91 Å². The maximum Gasteiger partial charge on any atom is 0.223 e. The topological polar surface area (TPSA) is 49.3 Å². The lowest BCUT2D eigenvalue weighted by Gasteiger charge is -2.65. The van der Waals surface area contributed by atoms with E-state index in [0.29, 0.717) is 21.9 Å². The summed E-state index contributed by atoms with van der Waals surface area (Å²) in [6.07, 6.45) is 7.07. The van der Waals surface area contributed by atoms with Crippen LogP contribution in [-0.4, -0.2) is 54.8 Å². The first-order chi connectivity index (χ1) is 10.4. The first kappa shape index (κ1) is 20.0. The Labute approximate surface area is 153 Å². The zero-order valence-corrected chi connectivity index (χ0v) is 16.7. The Morgan fingerprint density at radius 3 is 2.12 bits per heavy atom. The van der Waals surface area contributed by atoms with Crippen LogP contribution in [-0.2, 0) is 4.79 Å². The predicted molar refractivity (Wildman–Crippen MR) is 91.8 cm³/mol. The Kier molecular flexibility index (Phi) is 5.11. The van der Waals surface area contributed by atoms with E-state index in [1.54, 1.807) is 0 Å². The number of carbonyl (C=O) groups excluding carboxylic acids is 1. The van der Waals surface area contributed by atoms with Gasteiger partial charge in [-0.15, -0.1) is 0 Å². The molecular weight excluding hydrogens is 324 g/mol. The number of rotatable bonds is 5. The fourth-order valence-corrected chi connectivity index (χ4v) is 6.84. The molecule has 4 nitrogen and oxygen atoms in total. The third-order valence-electron chi connectivity index (χ3n) is 6.21. The monoisotopic (exact) mass is 358 g/mol. The molecule has 0 aromatic rings. The Morgan fingerprint density at radius 1 is 1.12 bits per heavy atom. The molecule has 0 aromatic carbocycles. The van der Waals surface area contributed by atoms with Crippen LogP contribution in [0.25, 0.3) is 0 Å². The van der Waals surface area contributed by atoms with Crippen LogP contribution in [0.5, 0.6) is 0 Å². The van der Waals surface area contributed by atoms with Crippen molar-refractivity contribution in [2.45, 2.75) is 70.4 Å². The first-order valence-electron chi connectivity index (χ1n) is 9.20. The van der Waals surface area contributed by atoms with Crippen molar-refractivity contribution < 1.29 is 26.8 Å². The van der Waals surface area contributed by atoms with Crippen molar-refractivity contribution in [3.63, 3.8) is 0 Å². The highest BCUT2D eigenvalue weighted by molar-refractivity contribution is 5.77. The number of aliphatic hydroxyl groups excluding tert-OH is 1. The highest BCUT2D eigenvalue weighted by atomic mass is 35.5. The summed E-state index contributed by atoms with van der Waals surface area (Å²) in [4.78, 5) is 12.6. The van der Waals surface area contributed by atoms with Gasteiger partial charge in [-0.1, -0.05) is 13.8 Å². The average Bonchev–Trinajstić information content (AvgIpc) is 2.17. The van der Waals surface area contributed by atoms with E-state index in [0.717, 1.165) is 25.2 Å². The number of hydrogen-bond acceptors (Lipinski definition) is 2. The lowest BCUT2D eigenvalue weighted by atomic mass is 9.43. The Balaban J connectivity index is 0.00000208. The second-order valence-corrected chi connectivity index (χ2v) is 10.8. The van der Waals surface area contributed by atoms with Crippen LogP contribution < -0.4 is 17.7 Å². The molecule has 0 aromatic heterocycles. The minimum atomic E-state index is -0.560. The SMILES string of the molecule is CC12CC3CC(C)(C1)CC(NC(=O)CC(O)C[N+](C)(C)C)(C3)C2.[Cl-]. The van der Waals surface area contributed by atoms with Gasteiger partial charge in [-0.3, -0.25) is 4.79 Å². The van der Waals surface area contributed by atoms with E-state index in [1.807, 2.05) is 21.1 Å². The first-order valence-corrected chi connectivity index (χ1v) is 9.20. The molecule has 5 heteroatoms. The van der Waals surface area contributed by atoms with E-state index in [1.165, 1.54) is 19.3 Å². The third-order valence-corrected chi connectivity index (χ3v) is 6.21. The molecule has 0 radical (unpaired) electrons. The van der Waals surface area contributed by atoms with E-state index in [4.69, 9.17) is 0 Å². The van der Waals surface area contributed by atoms with Gasteiger partial charge in [-0.2, -0.15) is 0 Å². The van der Waals surface area contributed by atoms with Crippen molar-refractivity contribution >= 4 is 5.91 Å². The van der Waals surface area contributed by atoms with Crippen molar-refractivity contribution in [3.05, 3.63) is 0 Å². The van der Waals surface area contributed by atoms with Crippen molar-refractivity contribution in [2.24, 2.45) is 16.7 Å². The van der Waals surface area contributed by atoms with Gasteiger partial charge in [0.25, 0.3) is 0 Å². The van der Waals surface area contributed by atoms with Crippen LogP contribution >= 0.6 is 0 Å². The summed E-state index contributed by atoms with van der Waals surface area (Å²) < 4.78 is 0.678. The van der Waals surface area contributed by atoms with E-state index in [9.17, 15) is 9.90 Å². The van der Waals surface area contributed by atoms with Gasteiger partial charge in [0.15, 0.2) is 0 Å². The number of likely N-dealkylation sites (N-methyl/N-ethyl adjacent to an activating group) is 1. The zero-order chi connectivity index (χ0) is 17.1. The molecule has 3 atom stereocenters. The fraction of sp³-hybridized carbons (Fsp3) is 0.947. The van der Waals surface area contributed by atoms with Crippen LogP contribution in [0.15, 0.2) is 0 Å². The summed E-state index contributed by atoms with van der Waals surface area (Å²) in [6, 6.07) is 0. The molecule has 0 heterocycles. The van der Waals surface area contributed by atoms with Gasteiger partial charge in [0.05, 0.1) is 27.6 Å². The quantitative estimate of drug-likeness (QED) is 0.639. The molecule has 4 rings (SSSR count). The van der Waals surface area contributed by atoms with E-state index in [2.05, 4.69) is 19.2 Å². The Hall–Kier alpha value is -0.320. The van der Waals surface area contributed by atoms with Gasteiger partial charge in [-0.25, -0.2) is 0 Å². The van der Waals surface area contributed by atoms with Gasteiger partial charge in [0, 0.05) is 5.54 Å². The number of nitrogens with one attached hydrogen (secondary N) is 1. The van der Waals surface area contributed by atoms with Crippen LogP contribution in [0.1, 0.15) is 58.8 Å². The van der Waals surface area contributed by atoms with E-state index in [-0.39, 0.29) is 30.3 Å². The molecule has 3 unspecified atom stereocenters. The number of quaternary nitrogens is 1. The fourth-order valence-electron chi connectivity index (χ4n) is 6.84. The summed E-state index contributed by atoms with van der Waals surface area (Å²) in [6.45, 7) is 5.45. The standard InChI is InChI=1S/C19H34N2O2.ClH/c1-17-7-14-8-18(2,11-17)13-19(9-14,12-17)20-16(23)6-15(22)10-21(3,4)5;/h14-15,22H,6-13H2,1-5H3;1H. The molecule has 1 amide bonds. The summed E-state index contributed by atoms with van der Waals surface area (Å²) in [5, 5.41) is 13.6. The molecule has 0 spiro atoms. The molecule has 140 valence electrons. The van der Waals surface area contributed by atoms with Crippen LogP contribution in [0.3, 0.4) is 0 Å². The minimum Gasteiger partial charge on any atom is -1.00 e. The number of hydrogen-bond donors (Lipinski definition) is 2. The van der Waals surface area contributed by atoms with Crippen molar-refractivity contribution in [1.82, 2.24) is 5.32 Å². The second kappa shape index (κ2) is 6.14. The molecule has 4 bridgehead atoms. The molecule has 0 saturated heterocycles. The molecule has 2 N–H and O–H groups in total. The van der Waals surface area contributed by atoms with E-state index >= 15 is 0 Å². The van der Waals surface area contributed by atoms with Gasteiger partial charge in [-0.05, 0) is 55.3 Å². The van der Waals surface area contributed by atoms with Gasteiger partial charge in [0.1, 0.15) is 12.6 Å². The molecule has 4 aliphatic carbocycles. The lowest BCUT2D eigenvalue weighted by molar-refractivity contribution is -0.873. The minimum absolute atomic E-state index is 0. The predicted octanol–water partition coefficient (Wildman–Crippen LogP) is -0.687. The van der Waals surface area contributed by atoms with Gasteiger partial charge < -0.3 is 27.3 Å². The second-order valence-electron chi connectivity index (χ2n) is 10.8. The number of halogens is 1. The summed E-state index contributed by atoms with van der Waals surface area (Å²) in [5.41, 5.74) is 0.807. The highest BCUT2D eigenvalue weighted by Gasteiger charge is 2.60. The third kappa shape index (κ3) is 4.25. The number of amides is 1. The molecule has 4 aliphatic rings. The van der Waals surface area contributed by atoms with Crippen LogP contribution in [0, 0.1) is 16.7 Å². The zero-order valence-electron chi connectivity index (χ0n) is 16.0. The molecule has 0 aliphatic heterocycles. The van der Waals surface area contributed by atoms with Crippen molar-refractivity contribution in [1.29, 1.82) is 0 Å². The number of carbonyl (C=O) groups is 1.